The lowest BCUT2D eigenvalue weighted by Crippen LogP contribution is -2.36. The van der Waals surface area contributed by atoms with Gasteiger partial charge in [-0.25, -0.2) is 0 Å². The second kappa shape index (κ2) is 13.4. The Morgan fingerprint density at radius 2 is 1.00 bits per heavy atom. The van der Waals surface area contributed by atoms with Crippen molar-refractivity contribution in [2.24, 2.45) is 0 Å². The summed E-state index contributed by atoms with van der Waals surface area (Å²) in [5, 5.41) is 0. The third kappa shape index (κ3) is 11.0. The van der Waals surface area contributed by atoms with Gasteiger partial charge >= 0.3 is 0 Å². The molecule has 0 N–H and O–H groups in total. The first kappa shape index (κ1) is 24.2. The zero-order chi connectivity index (χ0) is 18.5. The minimum absolute atomic E-state index is 0.283. The van der Waals surface area contributed by atoms with Gasteiger partial charge in [0.2, 0.25) is 0 Å². The average molecular weight is 380 g/mol. The summed E-state index contributed by atoms with van der Waals surface area (Å²) in [5.74, 6) is 0. The summed E-state index contributed by atoms with van der Waals surface area (Å²) >= 11 is 0. The van der Waals surface area contributed by atoms with Crippen molar-refractivity contribution in [2.45, 2.75) is 62.4 Å². The Balaban J connectivity index is 3.59. The van der Waals surface area contributed by atoms with Crippen LogP contribution < -0.4 is 0 Å². The molecule has 0 aromatic carbocycles. The van der Waals surface area contributed by atoms with Crippen LogP contribution in [0.4, 0.5) is 0 Å². The van der Waals surface area contributed by atoms with Gasteiger partial charge in [-0.1, -0.05) is 24.9 Å². The van der Waals surface area contributed by atoms with Crippen LogP contribution in [0.2, 0.25) is 12.1 Å². The van der Waals surface area contributed by atoms with E-state index in [0.717, 1.165) is 0 Å². The lowest BCUT2D eigenvalue weighted by Gasteiger charge is -2.26. The minimum Gasteiger partial charge on any atom is -0.358 e. The van der Waals surface area contributed by atoms with Crippen LogP contribution in [0.5, 0.6) is 0 Å². The average Bonchev–Trinajstić information content (AvgIpc) is 2.60. The summed E-state index contributed by atoms with van der Waals surface area (Å²) in [6.45, 7) is 6.51. The molecule has 0 rings (SSSR count). The maximum atomic E-state index is 5.45. The van der Waals surface area contributed by atoms with Gasteiger partial charge in [-0.3, -0.25) is 0 Å². The molecule has 0 atom stereocenters. The molecule has 0 fully saturated rings. The van der Waals surface area contributed by atoms with E-state index in [9.17, 15) is 0 Å². The number of nitrogens with zero attached hydrogens (tertiary/aromatic N) is 1. The molecular formula is C17H41NO4Si2. The number of methoxy groups -OCH3 is 4. The SMILES string of the molecule is COC(C)(OC)[SiH2]CCCCN(C)CCCC[SiH2]C(C)(OC)OC. The van der Waals surface area contributed by atoms with Crippen LogP contribution in [-0.2, 0) is 18.9 Å². The third-order valence-corrected chi connectivity index (χ3v) is 9.75. The fraction of sp³-hybridized carbons (Fsp3) is 1.00. The van der Waals surface area contributed by atoms with Crippen LogP contribution in [0.25, 0.3) is 0 Å². The first-order valence-corrected chi connectivity index (χ1v) is 12.7. The molecule has 0 aromatic rings. The van der Waals surface area contributed by atoms with Gasteiger partial charge in [-0.05, 0) is 46.8 Å². The fourth-order valence-electron chi connectivity index (χ4n) is 2.70. The van der Waals surface area contributed by atoms with Crippen molar-refractivity contribution in [3.05, 3.63) is 0 Å². The Morgan fingerprint density at radius 3 is 1.29 bits per heavy atom. The lowest BCUT2D eigenvalue weighted by atomic mass is 10.3. The molecule has 0 amide bonds. The maximum Gasteiger partial charge on any atom is 0.141 e. The van der Waals surface area contributed by atoms with E-state index >= 15 is 0 Å². The van der Waals surface area contributed by atoms with E-state index in [-0.39, 0.29) is 29.9 Å². The van der Waals surface area contributed by atoms with Crippen molar-refractivity contribution in [3.8, 4) is 0 Å². The van der Waals surface area contributed by atoms with Crippen LogP contribution in [0.1, 0.15) is 39.5 Å². The summed E-state index contributed by atoms with van der Waals surface area (Å²) in [4.78, 5) is 2.46. The van der Waals surface area contributed by atoms with Crippen LogP contribution >= 0.6 is 0 Å². The van der Waals surface area contributed by atoms with E-state index < -0.39 is 0 Å². The van der Waals surface area contributed by atoms with Gasteiger partial charge in [-0.2, -0.15) is 0 Å². The van der Waals surface area contributed by atoms with Crippen molar-refractivity contribution in [2.75, 3.05) is 48.6 Å². The maximum absolute atomic E-state index is 5.45. The Labute approximate surface area is 154 Å². The van der Waals surface area contributed by atoms with Gasteiger partial charge in [-0.15, -0.1) is 0 Å². The number of hydrogen-bond acceptors (Lipinski definition) is 5. The van der Waals surface area contributed by atoms with E-state index in [1.807, 2.05) is 0 Å². The van der Waals surface area contributed by atoms with E-state index in [1.54, 1.807) is 28.4 Å². The highest BCUT2D eigenvalue weighted by Crippen LogP contribution is 2.13. The standard InChI is InChI=1S/C17H41NO4Si2/c1-16(19-4,20-5)23-14-10-8-12-18(3)13-9-11-15-24-17(2,21-6)22-7/h8-15,23-24H2,1-7H3. The predicted molar refractivity (Wildman–Crippen MR) is 108 cm³/mol. The highest BCUT2D eigenvalue weighted by Gasteiger charge is 2.22. The third-order valence-electron chi connectivity index (χ3n) is 5.07. The molecule has 5 nitrogen and oxygen atoms in total. The van der Waals surface area contributed by atoms with Crippen LogP contribution in [0.15, 0.2) is 0 Å². The monoisotopic (exact) mass is 379 g/mol. The summed E-state index contributed by atoms with van der Waals surface area (Å²) in [5.41, 5.74) is -0.566. The highest BCUT2D eigenvalue weighted by molar-refractivity contribution is 6.39. The highest BCUT2D eigenvalue weighted by atomic mass is 28.2. The number of rotatable bonds is 16. The van der Waals surface area contributed by atoms with Crippen LogP contribution in [0, 0.1) is 0 Å². The lowest BCUT2D eigenvalue weighted by molar-refractivity contribution is -0.131. The molecular weight excluding hydrogens is 338 g/mol. The van der Waals surface area contributed by atoms with Gasteiger partial charge in [0.25, 0.3) is 0 Å². The quantitative estimate of drug-likeness (QED) is 0.231. The van der Waals surface area contributed by atoms with E-state index in [0.29, 0.717) is 0 Å². The predicted octanol–water partition coefficient (Wildman–Crippen LogP) is 1.59. The summed E-state index contributed by atoms with van der Waals surface area (Å²) in [6, 6.07) is 2.56. The van der Waals surface area contributed by atoms with Gasteiger partial charge in [0, 0.05) is 28.4 Å². The minimum atomic E-state index is -0.339. The molecule has 24 heavy (non-hydrogen) atoms. The first-order chi connectivity index (χ1) is 11.3. The Morgan fingerprint density at radius 1 is 0.667 bits per heavy atom. The summed E-state index contributed by atoms with van der Waals surface area (Å²) in [6.07, 6.45) is 5.11. The molecule has 0 unspecified atom stereocenters. The van der Waals surface area contributed by atoms with E-state index in [1.165, 1.54) is 50.9 Å². The van der Waals surface area contributed by atoms with Gasteiger partial charge in [0.1, 0.15) is 10.8 Å². The zero-order valence-electron chi connectivity index (χ0n) is 17.2. The van der Waals surface area contributed by atoms with Crippen molar-refractivity contribution < 1.29 is 18.9 Å². The van der Waals surface area contributed by atoms with Gasteiger partial charge in [0.15, 0.2) is 0 Å². The van der Waals surface area contributed by atoms with Crippen molar-refractivity contribution in [1.82, 2.24) is 4.90 Å². The zero-order valence-corrected chi connectivity index (χ0v) is 20.0. The Kier molecular flexibility index (Phi) is 13.6. The molecule has 0 saturated heterocycles. The van der Waals surface area contributed by atoms with E-state index in [2.05, 4.69) is 25.8 Å². The normalized spacial score (nSPS) is 14.0. The second-order valence-electron chi connectivity index (χ2n) is 7.01. The largest absolute Gasteiger partial charge is 0.358 e. The van der Waals surface area contributed by atoms with Crippen molar-refractivity contribution >= 4 is 19.0 Å². The number of ether oxygens (including phenoxy) is 4. The van der Waals surface area contributed by atoms with Crippen LogP contribution in [0.3, 0.4) is 0 Å². The molecule has 7 heteroatoms. The molecule has 0 saturated carbocycles. The molecule has 146 valence electrons. The number of hydrogen-bond donors (Lipinski definition) is 0. The van der Waals surface area contributed by atoms with Gasteiger partial charge in [0.05, 0.1) is 19.0 Å². The first-order valence-electron chi connectivity index (χ1n) is 9.24. The Bertz CT molecular complexity index is 272. The smallest absolute Gasteiger partial charge is 0.141 e. The van der Waals surface area contributed by atoms with Gasteiger partial charge < -0.3 is 23.8 Å². The Hall–Kier alpha value is 0.234. The fourth-order valence-corrected chi connectivity index (χ4v) is 6.00. The molecule has 0 bridgehead atoms. The molecule has 0 heterocycles. The van der Waals surface area contributed by atoms with Crippen molar-refractivity contribution in [1.29, 1.82) is 0 Å². The van der Waals surface area contributed by atoms with Crippen molar-refractivity contribution in [3.63, 3.8) is 0 Å². The molecule has 0 aromatic heterocycles. The second-order valence-corrected chi connectivity index (χ2v) is 12.0. The number of unbranched alkanes of at least 4 members (excludes halogenated alkanes) is 2. The molecule has 0 aliphatic heterocycles. The van der Waals surface area contributed by atoms with E-state index in [4.69, 9.17) is 18.9 Å². The molecule has 0 aliphatic rings. The molecule has 0 radical (unpaired) electrons. The summed E-state index contributed by atoms with van der Waals surface area (Å²) < 4.78 is 21.8. The molecule has 0 spiro atoms. The summed E-state index contributed by atoms with van der Waals surface area (Å²) in [7, 11) is 8.54. The van der Waals surface area contributed by atoms with Crippen LogP contribution in [-0.4, -0.2) is 83.3 Å². The topological polar surface area (TPSA) is 40.2 Å². The molecule has 0 aliphatic carbocycles.